The van der Waals surface area contributed by atoms with Gasteiger partial charge in [0.2, 0.25) is 0 Å². The van der Waals surface area contributed by atoms with Gasteiger partial charge in [0.25, 0.3) is 5.91 Å². The molecule has 0 unspecified atom stereocenters. The topological polar surface area (TPSA) is 97.3 Å². The van der Waals surface area contributed by atoms with Crippen LogP contribution in [-0.2, 0) is 5.60 Å². The summed E-state index contributed by atoms with van der Waals surface area (Å²) in [6, 6.07) is 0.112. The normalized spacial score (nSPS) is 21.6. The third-order valence-electron chi connectivity index (χ3n) is 6.01. The van der Waals surface area contributed by atoms with Gasteiger partial charge >= 0.3 is 0 Å². The summed E-state index contributed by atoms with van der Waals surface area (Å²) in [6.45, 7) is 8.10. The van der Waals surface area contributed by atoms with Crippen LogP contribution < -0.4 is 0 Å². The van der Waals surface area contributed by atoms with Crippen LogP contribution in [0.25, 0.3) is 5.69 Å². The lowest BCUT2D eigenvalue weighted by Gasteiger charge is -2.37. The Morgan fingerprint density at radius 2 is 2.07 bits per heavy atom. The van der Waals surface area contributed by atoms with E-state index in [-0.39, 0.29) is 17.9 Å². The van der Waals surface area contributed by atoms with Gasteiger partial charge in [-0.25, -0.2) is 4.98 Å². The highest BCUT2D eigenvalue weighted by molar-refractivity contribution is 7.08. The van der Waals surface area contributed by atoms with Crippen molar-refractivity contribution in [3.63, 3.8) is 0 Å². The Hall–Kier alpha value is -2.52. The van der Waals surface area contributed by atoms with E-state index in [1.165, 1.54) is 16.1 Å². The molecule has 30 heavy (non-hydrogen) atoms. The van der Waals surface area contributed by atoms with Crippen LogP contribution in [0.15, 0.2) is 27.6 Å². The van der Waals surface area contributed by atoms with Gasteiger partial charge in [0.1, 0.15) is 22.7 Å². The largest absolute Gasteiger partial charge is 0.445 e. The zero-order chi connectivity index (χ0) is 21.5. The highest BCUT2D eigenvalue weighted by Gasteiger charge is 2.36. The fourth-order valence-electron chi connectivity index (χ4n) is 3.95. The Morgan fingerprint density at radius 3 is 2.77 bits per heavy atom. The van der Waals surface area contributed by atoms with Crippen molar-refractivity contribution in [2.75, 3.05) is 6.54 Å². The van der Waals surface area contributed by atoms with Gasteiger partial charge in [-0.05, 0) is 40.0 Å². The first-order valence-electron chi connectivity index (χ1n) is 10.3. The van der Waals surface area contributed by atoms with Crippen LogP contribution in [0.2, 0.25) is 0 Å². The Kier molecular flexibility index (Phi) is 5.50. The Labute approximate surface area is 179 Å². The Bertz CT molecular complexity index is 1020. The highest BCUT2D eigenvalue weighted by atomic mass is 32.1. The van der Waals surface area contributed by atoms with E-state index in [1.54, 1.807) is 19.3 Å². The minimum absolute atomic E-state index is 0.00447. The Morgan fingerprint density at radius 1 is 1.33 bits per heavy atom. The molecule has 8 nitrogen and oxygen atoms in total. The maximum absolute atomic E-state index is 13.4. The molecule has 0 radical (unpaired) electrons. The van der Waals surface area contributed by atoms with Gasteiger partial charge in [-0.15, -0.1) is 16.1 Å². The predicted octanol–water partition coefficient (Wildman–Crippen LogP) is 3.65. The van der Waals surface area contributed by atoms with Crippen LogP contribution in [0.5, 0.6) is 0 Å². The number of likely N-dealkylation sites (tertiary alicyclic amines) is 1. The quantitative estimate of drug-likeness (QED) is 0.665. The van der Waals surface area contributed by atoms with Crippen LogP contribution in [0, 0.1) is 6.92 Å². The number of amides is 1. The molecule has 1 amide bonds. The van der Waals surface area contributed by atoms with Crippen LogP contribution in [0.3, 0.4) is 0 Å². The van der Waals surface area contributed by atoms with Gasteiger partial charge in [-0.1, -0.05) is 6.92 Å². The van der Waals surface area contributed by atoms with Crippen LogP contribution in [0.1, 0.15) is 73.7 Å². The molecule has 1 aliphatic rings. The molecule has 4 heterocycles. The number of nitrogens with zero attached hydrogens (tertiary/aromatic N) is 5. The van der Waals surface area contributed by atoms with Gasteiger partial charge < -0.3 is 14.4 Å². The van der Waals surface area contributed by atoms with Crippen molar-refractivity contribution in [3.05, 3.63) is 46.1 Å². The van der Waals surface area contributed by atoms with Crippen molar-refractivity contribution in [1.82, 2.24) is 24.9 Å². The van der Waals surface area contributed by atoms with Crippen molar-refractivity contribution in [3.8, 4) is 5.69 Å². The minimum Gasteiger partial charge on any atom is -0.445 e. The SMILES string of the molecule is CC[C@](C)(O)c1nc([C@@H]2CC[C@H](C)N(C(=O)c3cscc3-n3nccn3)C2)oc1C. The lowest BCUT2D eigenvalue weighted by atomic mass is 9.92. The minimum atomic E-state index is -1.02. The number of aryl methyl sites for hydroxylation is 1. The molecule has 4 rings (SSSR count). The molecule has 0 aliphatic carbocycles. The van der Waals surface area contributed by atoms with Crippen molar-refractivity contribution < 1.29 is 14.3 Å². The first kappa shape index (κ1) is 20.7. The molecule has 0 saturated carbocycles. The molecule has 3 aromatic heterocycles. The maximum atomic E-state index is 13.4. The number of hydrogen-bond acceptors (Lipinski definition) is 7. The molecule has 0 bridgehead atoms. The van der Waals surface area contributed by atoms with E-state index in [0.717, 1.165) is 12.8 Å². The molecular weight excluding hydrogens is 402 g/mol. The number of hydrogen-bond donors (Lipinski definition) is 1. The summed E-state index contributed by atoms with van der Waals surface area (Å²) in [5.74, 6) is 1.19. The molecule has 1 saturated heterocycles. The molecular formula is C21H27N5O3S. The molecule has 1 aliphatic heterocycles. The van der Waals surface area contributed by atoms with Gasteiger partial charge in [-0.3, -0.25) is 4.79 Å². The Balaban J connectivity index is 1.59. The van der Waals surface area contributed by atoms with E-state index in [0.29, 0.717) is 41.6 Å². The fraction of sp³-hybridized carbons (Fsp3) is 0.524. The van der Waals surface area contributed by atoms with Crippen molar-refractivity contribution in [2.45, 2.75) is 64.5 Å². The van der Waals surface area contributed by atoms with Gasteiger partial charge in [0.05, 0.1) is 23.9 Å². The summed E-state index contributed by atoms with van der Waals surface area (Å²) in [4.78, 5) is 21.4. The highest BCUT2D eigenvalue weighted by Crippen LogP contribution is 2.35. The number of oxazole rings is 1. The maximum Gasteiger partial charge on any atom is 0.257 e. The van der Waals surface area contributed by atoms with Crippen LogP contribution >= 0.6 is 11.3 Å². The second-order valence-corrected chi connectivity index (χ2v) is 8.90. The summed E-state index contributed by atoms with van der Waals surface area (Å²) in [5, 5.41) is 22.7. The standard InChI is InChI=1S/C21H27N5O3S/c1-5-21(4,28)18-14(3)29-19(24-18)15-7-6-13(2)25(10-15)20(27)16-11-30-12-17(16)26-22-8-9-23-26/h8-9,11-13,15,28H,5-7,10H2,1-4H3/t13-,15+,21-/m0/s1. The smallest absolute Gasteiger partial charge is 0.257 e. The first-order valence-corrected chi connectivity index (χ1v) is 11.2. The summed E-state index contributed by atoms with van der Waals surface area (Å²) >= 11 is 1.46. The number of carbonyl (C=O) groups excluding carboxylic acids is 1. The van der Waals surface area contributed by atoms with Crippen molar-refractivity contribution >= 4 is 17.2 Å². The lowest BCUT2D eigenvalue weighted by molar-refractivity contribution is 0.0473. The van der Waals surface area contributed by atoms with Gasteiger partial charge in [0, 0.05) is 23.3 Å². The van der Waals surface area contributed by atoms with Crippen LogP contribution in [-0.4, -0.2) is 48.5 Å². The van der Waals surface area contributed by atoms with E-state index < -0.39 is 5.60 Å². The number of piperidine rings is 1. The summed E-state index contributed by atoms with van der Waals surface area (Å²) in [6.07, 6.45) is 5.49. The number of thiophene rings is 1. The second-order valence-electron chi connectivity index (χ2n) is 8.15. The number of carbonyl (C=O) groups is 1. The zero-order valence-corrected chi connectivity index (χ0v) is 18.5. The average Bonchev–Trinajstić information content (AvgIpc) is 3.47. The zero-order valence-electron chi connectivity index (χ0n) is 17.7. The van der Waals surface area contributed by atoms with E-state index in [4.69, 9.17) is 4.42 Å². The molecule has 1 N–H and O–H groups in total. The van der Waals surface area contributed by atoms with E-state index in [1.807, 2.05) is 29.5 Å². The third-order valence-corrected chi connectivity index (χ3v) is 6.74. The summed E-state index contributed by atoms with van der Waals surface area (Å²) in [7, 11) is 0. The fourth-order valence-corrected chi connectivity index (χ4v) is 4.73. The van der Waals surface area contributed by atoms with E-state index >= 15 is 0 Å². The summed E-state index contributed by atoms with van der Waals surface area (Å²) < 4.78 is 5.95. The number of aliphatic hydroxyl groups is 1. The van der Waals surface area contributed by atoms with Gasteiger partial charge in [0.15, 0.2) is 5.89 Å². The number of aromatic nitrogens is 4. The van der Waals surface area contributed by atoms with E-state index in [2.05, 4.69) is 22.1 Å². The van der Waals surface area contributed by atoms with Crippen molar-refractivity contribution in [2.24, 2.45) is 0 Å². The predicted molar refractivity (Wildman–Crippen MR) is 113 cm³/mol. The van der Waals surface area contributed by atoms with Gasteiger partial charge in [-0.2, -0.15) is 10.2 Å². The van der Waals surface area contributed by atoms with Crippen molar-refractivity contribution in [1.29, 1.82) is 0 Å². The molecule has 0 spiro atoms. The summed E-state index contributed by atoms with van der Waals surface area (Å²) in [5.41, 5.74) is 0.854. The third kappa shape index (κ3) is 3.67. The molecule has 3 atom stereocenters. The average molecular weight is 430 g/mol. The second kappa shape index (κ2) is 7.96. The molecule has 3 aromatic rings. The monoisotopic (exact) mass is 429 g/mol. The molecule has 9 heteroatoms. The van der Waals surface area contributed by atoms with Crippen LogP contribution in [0.4, 0.5) is 0 Å². The van der Waals surface area contributed by atoms with E-state index in [9.17, 15) is 9.90 Å². The first-order chi connectivity index (χ1) is 14.3. The molecule has 160 valence electrons. The molecule has 1 fully saturated rings. The lowest BCUT2D eigenvalue weighted by Crippen LogP contribution is -2.45. The number of rotatable bonds is 5. The molecule has 0 aromatic carbocycles.